The molecule has 2 heterocycles. The zero-order valence-corrected chi connectivity index (χ0v) is 10.9. The van der Waals surface area contributed by atoms with E-state index >= 15 is 0 Å². The SMILES string of the molecule is NNC(=O)c1cc(Cn2ccc(=O)c3ccccc32)on1. The van der Waals surface area contributed by atoms with Crippen LogP contribution in [0.1, 0.15) is 16.2 Å². The van der Waals surface area contributed by atoms with Gasteiger partial charge < -0.3 is 9.09 Å². The minimum absolute atomic E-state index is 0.0392. The number of benzene rings is 1. The number of nitrogens with two attached hydrogens (primary N) is 1. The molecule has 7 nitrogen and oxygen atoms in total. The highest BCUT2D eigenvalue weighted by atomic mass is 16.5. The van der Waals surface area contributed by atoms with Crippen LogP contribution in [0.3, 0.4) is 0 Å². The van der Waals surface area contributed by atoms with Crippen molar-refractivity contribution in [1.82, 2.24) is 15.1 Å². The standard InChI is InChI=1S/C14H12N4O3/c15-16-14(20)11-7-9(21-17-11)8-18-6-5-13(19)10-3-1-2-4-12(10)18/h1-7H,8,15H2,(H,16,20). The van der Waals surface area contributed by atoms with Crippen molar-refractivity contribution < 1.29 is 9.32 Å². The highest BCUT2D eigenvalue weighted by molar-refractivity contribution is 5.91. The number of pyridine rings is 1. The third kappa shape index (κ3) is 2.41. The lowest BCUT2D eigenvalue weighted by molar-refractivity contribution is 0.0944. The summed E-state index contributed by atoms with van der Waals surface area (Å²) in [6.45, 7) is 0.353. The summed E-state index contributed by atoms with van der Waals surface area (Å²) in [6.07, 6.45) is 1.68. The average molecular weight is 284 g/mol. The molecule has 0 fully saturated rings. The number of hydrazine groups is 1. The van der Waals surface area contributed by atoms with Crippen LogP contribution in [-0.4, -0.2) is 15.6 Å². The van der Waals surface area contributed by atoms with Crippen molar-refractivity contribution in [2.24, 2.45) is 5.84 Å². The van der Waals surface area contributed by atoms with Crippen LogP contribution in [0.25, 0.3) is 10.9 Å². The Morgan fingerprint density at radius 1 is 1.33 bits per heavy atom. The number of amides is 1. The van der Waals surface area contributed by atoms with Crippen LogP contribution in [0.4, 0.5) is 0 Å². The summed E-state index contributed by atoms with van der Waals surface area (Å²) in [5.41, 5.74) is 2.84. The number of rotatable bonds is 3. The number of hydrogen-bond acceptors (Lipinski definition) is 5. The molecule has 0 atom stereocenters. The minimum atomic E-state index is -0.519. The summed E-state index contributed by atoms with van der Waals surface area (Å²) in [4.78, 5) is 23.1. The van der Waals surface area contributed by atoms with E-state index in [-0.39, 0.29) is 11.1 Å². The molecule has 0 saturated heterocycles. The van der Waals surface area contributed by atoms with Gasteiger partial charge in [-0.15, -0.1) is 0 Å². The van der Waals surface area contributed by atoms with Crippen molar-refractivity contribution in [2.45, 2.75) is 6.54 Å². The second-order valence-electron chi connectivity index (χ2n) is 4.48. The summed E-state index contributed by atoms with van der Waals surface area (Å²) in [5.74, 6) is 5.01. The second kappa shape index (κ2) is 5.22. The van der Waals surface area contributed by atoms with Gasteiger partial charge in [-0.1, -0.05) is 17.3 Å². The fourth-order valence-corrected chi connectivity index (χ4v) is 2.13. The van der Waals surface area contributed by atoms with Gasteiger partial charge in [0.05, 0.1) is 12.1 Å². The highest BCUT2D eigenvalue weighted by Crippen LogP contribution is 2.12. The Kier molecular flexibility index (Phi) is 3.25. The Hall–Kier alpha value is -2.93. The maximum Gasteiger partial charge on any atom is 0.287 e. The zero-order chi connectivity index (χ0) is 14.8. The molecule has 0 saturated carbocycles. The smallest absolute Gasteiger partial charge is 0.287 e. The topological polar surface area (TPSA) is 103 Å². The van der Waals surface area contributed by atoms with Crippen LogP contribution < -0.4 is 16.7 Å². The molecule has 0 aliphatic carbocycles. The second-order valence-corrected chi connectivity index (χ2v) is 4.48. The number of nitrogen functional groups attached to an aromatic ring is 1. The first-order valence-corrected chi connectivity index (χ1v) is 6.24. The van der Waals surface area contributed by atoms with Crippen LogP contribution in [-0.2, 0) is 6.54 Å². The fourth-order valence-electron chi connectivity index (χ4n) is 2.13. The number of carbonyl (C=O) groups is 1. The summed E-state index contributed by atoms with van der Waals surface area (Å²) in [5, 5.41) is 4.26. The van der Waals surface area contributed by atoms with Crippen molar-refractivity contribution in [3.8, 4) is 0 Å². The maximum atomic E-state index is 11.8. The quantitative estimate of drug-likeness (QED) is 0.417. The van der Waals surface area contributed by atoms with E-state index in [1.165, 1.54) is 12.1 Å². The van der Waals surface area contributed by atoms with Crippen molar-refractivity contribution >= 4 is 16.8 Å². The van der Waals surface area contributed by atoms with Gasteiger partial charge in [-0.05, 0) is 12.1 Å². The number of para-hydroxylation sites is 1. The van der Waals surface area contributed by atoms with Gasteiger partial charge in [-0.25, -0.2) is 5.84 Å². The van der Waals surface area contributed by atoms with Gasteiger partial charge in [0, 0.05) is 23.7 Å². The number of fused-ring (bicyclic) bond motifs is 1. The Bertz CT molecular complexity index is 866. The third-order valence-corrected chi connectivity index (χ3v) is 3.13. The van der Waals surface area contributed by atoms with Crippen LogP contribution in [0, 0.1) is 0 Å². The lowest BCUT2D eigenvalue weighted by atomic mass is 10.2. The van der Waals surface area contributed by atoms with Gasteiger partial charge in [0.15, 0.2) is 16.9 Å². The Balaban J connectivity index is 1.99. The molecule has 0 spiro atoms. The van der Waals surface area contributed by atoms with E-state index in [2.05, 4.69) is 5.16 Å². The minimum Gasteiger partial charge on any atom is -0.359 e. The molecular formula is C14H12N4O3. The van der Waals surface area contributed by atoms with Crippen LogP contribution in [0.15, 0.2) is 51.9 Å². The summed E-state index contributed by atoms with van der Waals surface area (Å²) in [7, 11) is 0. The molecule has 1 aromatic carbocycles. The Morgan fingerprint density at radius 3 is 2.95 bits per heavy atom. The van der Waals surface area contributed by atoms with Crippen LogP contribution >= 0.6 is 0 Å². The van der Waals surface area contributed by atoms with Gasteiger partial charge in [-0.2, -0.15) is 0 Å². The molecule has 0 aliphatic heterocycles. The first-order valence-electron chi connectivity index (χ1n) is 6.24. The largest absolute Gasteiger partial charge is 0.359 e. The van der Waals surface area contributed by atoms with Crippen LogP contribution in [0.5, 0.6) is 0 Å². The number of carbonyl (C=O) groups excluding carboxylic acids is 1. The first kappa shape index (κ1) is 13.1. The molecule has 21 heavy (non-hydrogen) atoms. The van der Waals surface area contributed by atoms with Gasteiger partial charge in [0.1, 0.15) is 0 Å². The van der Waals surface area contributed by atoms with Gasteiger partial charge in [0.25, 0.3) is 5.91 Å². The van der Waals surface area contributed by atoms with E-state index in [9.17, 15) is 9.59 Å². The normalized spacial score (nSPS) is 10.7. The maximum absolute atomic E-state index is 11.8. The summed E-state index contributed by atoms with van der Waals surface area (Å²) >= 11 is 0. The molecule has 3 rings (SSSR count). The lowest BCUT2D eigenvalue weighted by Crippen LogP contribution is -2.30. The van der Waals surface area contributed by atoms with E-state index in [0.717, 1.165) is 5.52 Å². The number of nitrogens with one attached hydrogen (secondary N) is 1. The molecule has 106 valence electrons. The first-order chi connectivity index (χ1) is 10.2. The number of nitrogens with zero attached hydrogens (tertiary/aromatic N) is 2. The summed E-state index contributed by atoms with van der Waals surface area (Å²) in [6, 6.07) is 10.3. The molecule has 0 radical (unpaired) electrons. The third-order valence-electron chi connectivity index (χ3n) is 3.13. The van der Waals surface area contributed by atoms with Crippen LogP contribution in [0.2, 0.25) is 0 Å². The highest BCUT2D eigenvalue weighted by Gasteiger charge is 2.12. The van der Waals surface area contributed by atoms with Crippen molar-refractivity contribution in [2.75, 3.05) is 0 Å². The molecule has 3 aromatic rings. The van der Waals surface area contributed by atoms with E-state index in [1.54, 1.807) is 12.3 Å². The Morgan fingerprint density at radius 2 is 2.14 bits per heavy atom. The van der Waals surface area contributed by atoms with Gasteiger partial charge >= 0.3 is 0 Å². The Labute approximate surface area is 118 Å². The van der Waals surface area contributed by atoms with Crippen molar-refractivity contribution in [1.29, 1.82) is 0 Å². The molecule has 1 amide bonds. The number of aromatic nitrogens is 2. The summed E-state index contributed by atoms with van der Waals surface area (Å²) < 4.78 is 6.95. The van der Waals surface area contributed by atoms with E-state index in [4.69, 9.17) is 10.4 Å². The van der Waals surface area contributed by atoms with Gasteiger partial charge in [0.2, 0.25) is 0 Å². The van der Waals surface area contributed by atoms with Crippen molar-refractivity contribution in [3.05, 3.63) is 64.3 Å². The molecule has 3 N–H and O–H groups in total. The lowest BCUT2D eigenvalue weighted by Gasteiger charge is -2.07. The van der Waals surface area contributed by atoms with Gasteiger partial charge in [-0.3, -0.25) is 15.0 Å². The molecule has 0 unspecified atom stereocenters. The van der Waals surface area contributed by atoms with E-state index in [0.29, 0.717) is 17.7 Å². The average Bonchev–Trinajstić information content (AvgIpc) is 2.98. The molecule has 7 heteroatoms. The molecular weight excluding hydrogens is 272 g/mol. The van der Waals surface area contributed by atoms with Crippen molar-refractivity contribution in [3.63, 3.8) is 0 Å². The molecule has 0 aliphatic rings. The fraction of sp³-hybridized carbons (Fsp3) is 0.0714. The molecule has 0 bridgehead atoms. The molecule has 2 aromatic heterocycles. The number of hydrogen-bond donors (Lipinski definition) is 2. The predicted octanol–water partition coefficient (Wildman–Crippen LogP) is 0.641. The monoisotopic (exact) mass is 284 g/mol. The predicted molar refractivity (Wildman–Crippen MR) is 75.5 cm³/mol. The zero-order valence-electron chi connectivity index (χ0n) is 10.9. The van der Waals surface area contributed by atoms with E-state index < -0.39 is 5.91 Å². The van der Waals surface area contributed by atoms with E-state index in [1.807, 2.05) is 28.2 Å².